The van der Waals surface area contributed by atoms with Gasteiger partial charge in [0, 0.05) is 25.7 Å². The molecule has 2 aliphatic heterocycles. The number of rotatable bonds is 3. The summed E-state index contributed by atoms with van der Waals surface area (Å²) in [4.78, 5) is 17.2. The molecule has 3 heterocycles. The van der Waals surface area contributed by atoms with Crippen LogP contribution in [0.15, 0.2) is 36.5 Å². The van der Waals surface area contributed by atoms with E-state index in [1.54, 1.807) is 10.9 Å². The summed E-state index contributed by atoms with van der Waals surface area (Å²) in [5.41, 5.74) is 1.60. The molecule has 2 saturated heterocycles. The van der Waals surface area contributed by atoms with E-state index in [-0.39, 0.29) is 5.91 Å². The van der Waals surface area contributed by atoms with Crippen LogP contribution in [0, 0.1) is 0 Å². The third kappa shape index (κ3) is 3.19. The lowest BCUT2D eigenvalue weighted by molar-refractivity contribution is 0.0368. The molecule has 1 atom stereocenters. The molecule has 2 fully saturated rings. The van der Waals surface area contributed by atoms with E-state index in [0.29, 0.717) is 18.3 Å². The maximum atomic E-state index is 12.7. The highest BCUT2D eigenvalue weighted by molar-refractivity contribution is 5.92. The number of aromatic nitrogens is 3. The fourth-order valence-corrected chi connectivity index (χ4v) is 3.75. The Bertz CT molecular complexity index is 698. The fourth-order valence-electron chi connectivity index (χ4n) is 3.75. The lowest BCUT2D eigenvalue weighted by Crippen LogP contribution is -2.56. The number of nitrogens with zero attached hydrogens (tertiary/aromatic N) is 5. The average Bonchev–Trinajstić information content (AvgIpc) is 3.10. The minimum atomic E-state index is 0.0135. The van der Waals surface area contributed by atoms with Gasteiger partial charge in [0.2, 0.25) is 0 Å². The second-order valence-electron chi connectivity index (χ2n) is 6.72. The predicted octanol–water partition coefficient (Wildman–Crippen LogP) is 1.64. The maximum Gasteiger partial charge on any atom is 0.276 e. The maximum absolute atomic E-state index is 12.7. The van der Waals surface area contributed by atoms with E-state index in [2.05, 4.69) is 15.2 Å². The number of benzene rings is 1. The molecule has 1 aromatic carbocycles. The van der Waals surface area contributed by atoms with Crippen LogP contribution in [-0.4, -0.2) is 62.9 Å². The SMILES string of the molecule is O=C(c1cn(Cc2ccccc2)nn1)N1CCN2CCCC[C@@H]2C1. The summed E-state index contributed by atoms with van der Waals surface area (Å²) in [6.07, 6.45) is 5.53. The van der Waals surface area contributed by atoms with Gasteiger partial charge in [0.25, 0.3) is 5.91 Å². The second kappa shape index (κ2) is 6.73. The van der Waals surface area contributed by atoms with E-state index in [1.165, 1.54) is 25.8 Å². The van der Waals surface area contributed by atoms with Gasteiger partial charge >= 0.3 is 0 Å². The van der Waals surface area contributed by atoms with E-state index >= 15 is 0 Å². The molecule has 0 unspecified atom stereocenters. The van der Waals surface area contributed by atoms with E-state index in [9.17, 15) is 4.79 Å². The van der Waals surface area contributed by atoms with Gasteiger partial charge in [0.05, 0.1) is 12.7 Å². The van der Waals surface area contributed by atoms with Crippen LogP contribution in [0.4, 0.5) is 0 Å². The quantitative estimate of drug-likeness (QED) is 0.861. The molecule has 6 nitrogen and oxygen atoms in total. The van der Waals surface area contributed by atoms with Crippen LogP contribution >= 0.6 is 0 Å². The van der Waals surface area contributed by atoms with Gasteiger partial charge in [-0.1, -0.05) is 42.0 Å². The zero-order valence-electron chi connectivity index (χ0n) is 13.8. The van der Waals surface area contributed by atoms with Crippen LogP contribution in [0.5, 0.6) is 0 Å². The van der Waals surface area contributed by atoms with Crippen LogP contribution in [0.1, 0.15) is 35.3 Å². The summed E-state index contributed by atoms with van der Waals surface area (Å²) < 4.78 is 1.74. The molecular weight excluding hydrogens is 302 g/mol. The van der Waals surface area contributed by atoms with Crippen molar-refractivity contribution in [1.29, 1.82) is 0 Å². The van der Waals surface area contributed by atoms with Crippen molar-refractivity contribution in [2.75, 3.05) is 26.2 Å². The van der Waals surface area contributed by atoms with Crippen molar-refractivity contribution in [3.8, 4) is 0 Å². The molecule has 0 spiro atoms. The largest absolute Gasteiger partial charge is 0.334 e. The van der Waals surface area contributed by atoms with Gasteiger partial charge in [-0.15, -0.1) is 5.10 Å². The van der Waals surface area contributed by atoms with Crippen molar-refractivity contribution in [2.45, 2.75) is 31.8 Å². The van der Waals surface area contributed by atoms with Crippen molar-refractivity contribution in [3.05, 3.63) is 47.8 Å². The number of piperidine rings is 1. The van der Waals surface area contributed by atoms with Crippen LogP contribution in [0.25, 0.3) is 0 Å². The monoisotopic (exact) mass is 325 g/mol. The van der Waals surface area contributed by atoms with Crippen LogP contribution in [0.2, 0.25) is 0 Å². The Morgan fingerprint density at radius 2 is 2.00 bits per heavy atom. The number of hydrogen-bond acceptors (Lipinski definition) is 4. The number of carbonyl (C=O) groups excluding carboxylic acids is 1. The molecular formula is C18H23N5O. The Hall–Kier alpha value is -2.21. The first-order valence-electron chi connectivity index (χ1n) is 8.77. The molecule has 126 valence electrons. The molecule has 0 saturated carbocycles. The van der Waals surface area contributed by atoms with Crippen LogP contribution in [0.3, 0.4) is 0 Å². The highest BCUT2D eigenvalue weighted by Gasteiger charge is 2.32. The molecule has 2 aliphatic rings. The zero-order valence-corrected chi connectivity index (χ0v) is 13.8. The van der Waals surface area contributed by atoms with Crippen molar-refractivity contribution in [1.82, 2.24) is 24.8 Å². The molecule has 2 aromatic rings. The Kier molecular flexibility index (Phi) is 4.30. The first kappa shape index (κ1) is 15.3. The normalized spacial score (nSPS) is 21.5. The van der Waals surface area contributed by atoms with Crippen molar-refractivity contribution in [2.24, 2.45) is 0 Å². The molecule has 6 heteroatoms. The summed E-state index contributed by atoms with van der Waals surface area (Å²) in [6, 6.07) is 10.6. The minimum absolute atomic E-state index is 0.0135. The van der Waals surface area contributed by atoms with Gasteiger partial charge in [0.1, 0.15) is 0 Å². The summed E-state index contributed by atoms with van der Waals surface area (Å²) >= 11 is 0. The fraction of sp³-hybridized carbons (Fsp3) is 0.500. The van der Waals surface area contributed by atoms with Crippen molar-refractivity contribution in [3.63, 3.8) is 0 Å². The van der Waals surface area contributed by atoms with Gasteiger partial charge in [-0.3, -0.25) is 9.69 Å². The highest BCUT2D eigenvalue weighted by atomic mass is 16.2. The number of piperazine rings is 1. The van der Waals surface area contributed by atoms with Gasteiger partial charge < -0.3 is 4.90 Å². The molecule has 0 N–H and O–H groups in total. The van der Waals surface area contributed by atoms with Gasteiger partial charge in [-0.2, -0.15) is 0 Å². The molecule has 0 aliphatic carbocycles. The average molecular weight is 325 g/mol. The molecule has 4 rings (SSSR count). The number of hydrogen-bond donors (Lipinski definition) is 0. The van der Waals surface area contributed by atoms with Crippen molar-refractivity contribution >= 4 is 5.91 Å². The second-order valence-corrected chi connectivity index (χ2v) is 6.72. The number of fused-ring (bicyclic) bond motifs is 1. The summed E-state index contributed by atoms with van der Waals surface area (Å²) in [5, 5.41) is 8.22. The van der Waals surface area contributed by atoms with Crippen LogP contribution < -0.4 is 0 Å². The summed E-state index contributed by atoms with van der Waals surface area (Å²) in [5.74, 6) is 0.0135. The van der Waals surface area contributed by atoms with E-state index in [1.807, 2.05) is 35.2 Å². The Morgan fingerprint density at radius 1 is 1.12 bits per heavy atom. The zero-order chi connectivity index (χ0) is 16.4. The van der Waals surface area contributed by atoms with E-state index < -0.39 is 0 Å². The molecule has 1 amide bonds. The van der Waals surface area contributed by atoms with E-state index in [0.717, 1.165) is 25.2 Å². The highest BCUT2D eigenvalue weighted by Crippen LogP contribution is 2.21. The third-order valence-corrected chi connectivity index (χ3v) is 5.07. The lowest BCUT2D eigenvalue weighted by atomic mass is 9.99. The molecule has 1 aromatic heterocycles. The number of amides is 1. The first-order valence-corrected chi connectivity index (χ1v) is 8.77. The first-order chi connectivity index (χ1) is 11.8. The van der Waals surface area contributed by atoms with Crippen molar-refractivity contribution < 1.29 is 4.79 Å². The van der Waals surface area contributed by atoms with E-state index in [4.69, 9.17) is 0 Å². The van der Waals surface area contributed by atoms with Gasteiger partial charge in [-0.25, -0.2) is 4.68 Å². The smallest absolute Gasteiger partial charge is 0.276 e. The molecule has 0 bridgehead atoms. The third-order valence-electron chi connectivity index (χ3n) is 5.07. The Morgan fingerprint density at radius 3 is 2.88 bits per heavy atom. The lowest BCUT2D eigenvalue weighted by Gasteiger charge is -2.43. The molecule has 24 heavy (non-hydrogen) atoms. The van der Waals surface area contributed by atoms with Gasteiger partial charge in [-0.05, 0) is 24.9 Å². The molecule has 0 radical (unpaired) electrons. The van der Waals surface area contributed by atoms with Crippen LogP contribution in [-0.2, 0) is 6.54 Å². The minimum Gasteiger partial charge on any atom is -0.334 e. The standard InChI is InChI=1S/C18H23N5O/c24-18(22-11-10-21-9-5-4-8-16(21)13-22)17-14-23(20-19-17)12-15-6-2-1-3-7-15/h1-3,6-7,14,16H,4-5,8-13H2/t16-/m1/s1. The number of carbonyl (C=O) groups is 1. The summed E-state index contributed by atoms with van der Waals surface area (Å²) in [6.45, 7) is 4.41. The topological polar surface area (TPSA) is 54.3 Å². The van der Waals surface area contributed by atoms with Gasteiger partial charge in [0.15, 0.2) is 5.69 Å². The Labute approximate surface area is 142 Å². The summed E-state index contributed by atoms with van der Waals surface area (Å²) in [7, 11) is 0. The predicted molar refractivity (Wildman–Crippen MR) is 90.7 cm³/mol. The Balaban J connectivity index is 1.41.